The van der Waals surface area contributed by atoms with E-state index in [1.165, 1.54) is 17.4 Å². The summed E-state index contributed by atoms with van der Waals surface area (Å²) in [4.78, 5) is 22.4. The number of carboxylic acid groups (broad SMARTS) is 1. The van der Waals surface area contributed by atoms with Crippen LogP contribution in [0.5, 0.6) is 11.5 Å². The predicted molar refractivity (Wildman–Crippen MR) is 151 cm³/mol. The van der Waals surface area contributed by atoms with Crippen LogP contribution in [-0.2, 0) is 12.3 Å². The Hall–Kier alpha value is -3.53. The number of para-hydroxylation sites is 1. The van der Waals surface area contributed by atoms with Gasteiger partial charge in [0.1, 0.15) is 10.8 Å². The molecule has 0 amide bonds. The summed E-state index contributed by atoms with van der Waals surface area (Å²) in [7, 11) is 0. The molecule has 6 rings (SSSR count). The molecule has 2 aromatic carbocycles. The Balaban J connectivity index is 1.12. The van der Waals surface area contributed by atoms with Crippen LogP contribution in [0.1, 0.15) is 58.6 Å². The van der Waals surface area contributed by atoms with Crippen molar-refractivity contribution in [3.8, 4) is 22.1 Å². The summed E-state index contributed by atoms with van der Waals surface area (Å²) in [5.41, 5.74) is 4.30. The van der Waals surface area contributed by atoms with Gasteiger partial charge < -0.3 is 14.6 Å². The van der Waals surface area contributed by atoms with Crippen molar-refractivity contribution in [2.24, 2.45) is 0 Å². The number of hydrogen-bond donors (Lipinski definition) is 1. The maximum Gasteiger partial charge on any atom is 0.355 e. The van der Waals surface area contributed by atoms with Crippen LogP contribution in [0.25, 0.3) is 10.6 Å². The van der Waals surface area contributed by atoms with Crippen molar-refractivity contribution >= 4 is 28.9 Å². The summed E-state index contributed by atoms with van der Waals surface area (Å²) in [6.07, 6.45) is 3.66. The van der Waals surface area contributed by atoms with Crippen LogP contribution >= 0.6 is 22.9 Å². The molecule has 0 spiro atoms. The lowest BCUT2D eigenvalue weighted by Crippen LogP contribution is -2.34. The van der Waals surface area contributed by atoms with E-state index in [2.05, 4.69) is 20.9 Å². The lowest BCUT2D eigenvalue weighted by molar-refractivity contribution is -0.0712. The van der Waals surface area contributed by atoms with Crippen molar-refractivity contribution in [1.29, 1.82) is 0 Å². The molecule has 2 aliphatic heterocycles. The first kappa shape index (κ1) is 26.7. The number of pyridine rings is 1. The molecule has 0 bridgehead atoms. The number of ether oxygens (including phenoxy) is 2. The summed E-state index contributed by atoms with van der Waals surface area (Å²) in [6, 6.07) is 12.4. The molecule has 10 heteroatoms. The first-order chi connectivity index (χ1) is 19.2. The van der Waals surface area contributed by atoms with Crippen LogP contribution < -0.4 is 9.47 Å². The van der Waals surface area contributed by atoms with E-state index in [9.17, 15) is 9.18 Å². The highest BCUT2D eigenvalue weighted by molar-refractivity contribution is 7.13. The fourth-order valence-corrected chi connectivity index (χ4v) is 6.38. The van der Waals surface area contributed by atoms with Crippen molar-refractivity contribution in [2.45, 2.75) is 44.9 Å². The van der Waals surface area contributed by atoms with Crippen molar-refractivity contribution < 1.29 is 23.8 Å². The molecule has 40 heavy (non-hydrogen) atoms. The van der Waals surface area contributed by atoms with Gasteiger partial charge >= 0.3 is 5.97 Å². The molecule has 1 fully saturated rings. The Morgan fingerprint density at radius 3 is 2.73 bits per heavy atom. The van der Waals surface area contributed by atoms with E-state index in [0.29, 0.717) is 27.1 Å². The van der Waals surface area contributed by atoms with Crippen LogP contribution in [-0.4, -0.2) is 39.0 Å². The highest BCUT2D eigenvalue weighted by Crippen LogP contribution is 2.49. The van der Waals surface area contributed by atoms with E-state index in [0.717, 1.165) is 54.9 Å². The van der Waals surface area contributed by atoms with Crippen LogP contribution in [0.15, 0.2) is 54.0 Å². The molecular formula is C30H27ClFN3O4S. The highest BCUT2D eigenvalue weighted by Gasteiger charge is 2.43. The molecular weight excluding hydrogens is 553 g/mol. The number of piperidine rings is 1. The van der Waals surface area contributed by atoms with Gasteiger partial charge in [-0.2, -0.15) is 0 Å². The average Bonchev–Trinajstić information content (AvgIpc) is 3.55. The third-order valence-electron chi connectivity index (χ3n) is 7.59. The average molecular weight is 580 g/mol. The molecule has 7 nitrogen and oxygen atoms in total. The number of carboxylic acids is 1. The number of aryl methyl sites for hydroxylation is 1. The molecule has 1 atom stereocenters. The summed E-state index contributed by atoms with van der Waals surface area (Å²) >= 11 is 7.25. The zero-order valence-electron chi connectivity index (χ0n) is 22.0. The van der Waals surface area contributed by atoms with Crippen LogP contribution in [0.3, 0.4) is 0 Å². The second kappa shape index (κ2) is 10.5. The molecule has 1 unspecified atom stereocenters. The quantitative estimate of drug-likeness (QED) is 0.262. The maximum atomic E-state index is 14.7. The molecule has 4 heterocycles. The normalized spacial score (nSPS) is 19.2. The molecule has 206 valence electrons. The van der Waals surface area contributed by atoms with E-state index < -0.39 is 17.6 Å². The second-order valence-electron chi connectivity index (χ2n) is 10.3. The van der Waals surface area contributed by atoms with Gasteiger partial charge in [0.05, 0.1) is 11.3 Å². The van der Waals surface area contributed by atoms with Gasteiger partial charge in [0.15, 0.2) is 17.2 Å². The second-order valence-corrected chi connectivity index (χ2v) is 11.6. The summed E-state index contributed by atoms with van der Waals surface area (Å²) in [5, 5.41) is 11.7. The summed E-state index contributed by atoms with van der Waals surface area (Å²) in [6.45, 7) is 6.28. The van der Waals surface area contributed by atoms with Gasteiger partial charge in [-0.05, 0) is 74.7 Å². The molecule has 0 radical (unpaired) electrons. The van der Waals surface area contributed by atoms with Crippen molar-refractivity contribution in [2.75, 3.05) is 13.1 Å². The van der Waals surface area contributed by atoms with Crippen LogP contribution in [0.2, 0.25) is 5.02 Å². The Labute approximate surface area is 240 Å². The molecule has 2 aliphatic rings. The number of rotatable bonds is 6. The molecule has 0 saturated carbocycles. The van der Waals surface area contributed by atoms with E-state index in [1.54, 1.807) is 30.6 Å². The van der Waals surface area contributed by atoms with Crippen LogP contribution in [0, 0.1) is 12.7 Å². The topological polar surface area (TPSA) is 84.8 Å². The van der Waals surface area contributed by atoms with Crippen molar-refractivity contribution in [3.05, 3.63) is 93.0 Å². The number of halogens is 2. The minimum absolute atomic E-state index is 0.0485. The van der Waals surface area contributed by atoms with Gasteiger partial charge in [-0.25, -0.2) is 14.2 Å². The predicted octanol–water partition coefficient (Wildman–Crippen LogP) is 7.03. The Bertz CT molecular complexity index is 1600. The Morgan fingerprint density at radius 2 is 2.02 bits per heavy atom. The first-order valence-corrected chi connectivity index (χ1v) is 14.3. The van der Waals surface area contributed by atoms with Gasteiger partial charge in [0.2, 0.25) is 0 Å². The SMILES string of the molecule is Cc1cc(-c2nc(C(=O)O)cs2)cnc1CN1CCC(c2cccc3c2OC(C)(c2ccc(Cl)cc2F)O3)CC1. The van der Waals surface area contributed by atoms with Crippen molar-refractivity contribution in [1.82, 2.24) is 14.9 Å². The maximum absolute atomic E-state index is 14.7. The summed E-state index contributed by atoms with van der Waals surface area (Å²) < 4.78 is 27.2. The number of aromatic carboxylic acids is 1. The molecule has 2 aromatic heterocycles. The third-order valence-corrected chi connectivity index (χ3v) is 8.72. The first-order valence-electron chi connectivity index (χ1n) is 13.0. The molecule has 1 saturated heterocycles. The fourth-order valence-electron chi connectivity index (χ4n) is 5.44. The van der Waals surface area contributed by atoms with Gasteiger partial charge in [-0.15, -0.1) is 11.3 Å². The largest absolute Gasteiger partial charge is 0.476 e. The Morgan fingerprint density at radius 1 is 1.23 bits per heavy atom. The molecule has 1 N–H and O–H groups in total. The smallest absolute Gasteiger partial charge is 0.355 e. The van der Waals surface area contributed by atoms with E-state index in [1.807, 2.05) is 25.1 Å². The van der Waals surface area contributed by atoms with Crippen LogP contribution in [0.4, 0.5) is 4.39 Å². The van der Waals surface area contributed by atoms with E-state index in [-0.39, 0.29) is 11.6 Å². The van der Waals surface area contributed by atoms with Gasteiger partial charge in [0, 0.05) is 41.2 Å². The minimum Gasteiger partial charge on any atom is -0.476 e. The number of thiazole rings is 1. The number of aromatic nitrogens is 2. The van der Waals surface area contributed by atoms with E-state index >= 15 is 0 Å². The highest BCUT2D eigenvalue weighted by atomic mass is 35.5. The monoisotopic (exact) mass is 579 g/mol. The lowest BCUT2D eigenvalue weighted by Gasteiger charge is -2.32. The molecule has 0 aliphatic carbocycles. The number of hydrogen-bond acceptors (Lipinski definition) is 7. The van der Waals surface area contributed by atoms with Gasteiger partial charge in [-0.1, -0.05) is 23.7 Å². The van der Waals surface area contributed by atoms with Crippen molar-refractivity contribution in [3.63, 3.8) is 0 Å². The standard InChI is InChI=1S/C30H27ClFN3O4S/c1-17-12-19(28-34-25(16-40-28)29(36)37)14-33-24(17)15-35-10-8-18(9-11-35)21-4-3-5-26-27(21)39-30(2,38-26)22-7-6-20(31)13-23(22)32/h3-7,12-14,16,18H,8-11,15H2,1-2H3,(H,36,37). The third kappa shape index (κ3) is 5.05. The van der Waals surface area contributed by atoms with Gasteiger partial charge in [-0.3, -0.25) is 9.88 Å². The van der Waals surface area contributed by atoms with E-state index in [4.69, 9.17) is 26.2 Å². The van der Waals surface area contributed by atoms with Gasteiger partial charge in [0.25, 0.3) is 5.79 Å². The molecule has 4 aromatic rings. The number of fused-ring (bicyclic) bond motifs is 1. The number of nitrogens with zero attached hydrogens (tertiary/aromatic N) is 3. The zero-order chi connectivity index (χ0) is 28.0. The minimum atomic E-state index is -1.27. The number of benzene rings is 2. The zero-order valence-corrected chi connectivity index (χ0v) is 23.6. The summed E-state index contributed by atoms with van der Waals surface area (Å²) in [5.74, 6) is -1.18. The number of carbonyl (C=O) groups is 1. The number of likely N-dealkylation sites (tertiary alicyclic amines) is 1. The lowest BCUT2D eigenvalue weighted by atomic mass is 9.88. The fraction of sp³-hybridized carbons (Fsp3) is 0.300. The Kier molecular flexibility index (Phi) is 6.98.